The second kappa shape index (κ2) is 7.18. The van der Waals surface area contributed by atoms with Crippen molar-refractivity contribution in [3.8, 4) is 0 Å². The highest BCUT2D eigenvalue weighted by Gasteiger charge is 2.32. The minimum Gasteiger partial charge on any atom is -0.368 e. The molecule has 1 aliphatic heterocycles. The number of aromatic nitrogens is 2. The van der Waals surface area contributed by atoms with Crippen molar-refractivity contribution in [1.82, 2.24) is 14.9 Å². The molecule has 1 fully saturated rings. The number of rotatable bonds is 4. The first-order valence-corrected chi connectivity index (χ1v) is 8.60. The fraction of sp³-hybridized carbons (Fsp3) is 0.474. The molecule has 1 N–H and O–H groups in total. The predicted molar refractivity (Wildman–Crippen MR) is 93.0 cm³/mol. The molecule has 1 saturated heterocycles. The molecule has 128 valence electrons. The molecule has 0 unspecified atom stereocenters. The largest absolute Gasteiger partial charge is 0.368 e. The predicted octanol–water partition coefficient (Wildman–Crippen LogP) is 3.17. The summed E-state index contributed by atoms with van der Waals surface area (Å²) in [5.41, 5.74) is 2.90. The Morgan fingerprint density at radius 3 is 2.79 bits per heavy atom. The van der Waals surface area contributed by atoms with Gasteiger partial charge in [-0.3, -0.25) is 4.79 Å². The van der Waals surface area contributed by atoms with Crippen molar-refractivity contribution >= 4 is 5.91 Å². The van der Waals surface area contributed by atoms with Gasteiger partial charge >= 0.3 is 0 Å². The van der Waals surface area contributed by atoms with E-state index in [0.29, 0.717) is 12.2 Å². The third-order valence-corrected chi connectivity index (χ3v) is 4.47. The van der Waals surface area contributed by atoms with E-state index in [1.165, 1.54) is 0 Å². The molecule has 2 atom stereocenters. The standard InChI is InChI=1S/C19H25N3O2/c1-4-22-8-7-20-18(22)17-16(6-5-9-24-17)21-19(23)15-11-13(2)10-14(3)12-15/h7-8,10-12,16-17H,4-6,9H2,1-3H3,(H,21,23)/t16-,17-/m1/s1. The smallest absolute Gasteiger partial charge is 0.251 e. The summed E-state index contributed by atoms with van der Waals surface area (Å²) >= 11 is 0. The lowest BCUT2D eigenvalue weighted by atomic mass is 10.0. The van der Waals surface area contributed by atoms with E-state index in [-0.39, 0.29) is 18.1 Å². The number of imidazole rings is 1. The second-order valence-electron chi connectivity index (χ2n) is 6.46. The summed E-state index contributed by atoms with van der Waals surface area (Å²) in [5.74, 6) is 0.847. The number of hydrogen-bond donors (Lipinski definition) is 1. The van der Waals surface area contributed by atoms with Crippen LogP contribution in [0.25, 0.3) is 0 Å². The zero-order chi connectivity index (χ0) is 17.1. The molecule has 0 spiro atoms. The Bertz CT molecular complexity index is 703. The van der Waals surface area contributed by atoms with Gasteiger partial charge in [0.1, 0.15) is 11.9 Å². The van der Waals surface area contributed by atoms with Crippen LogP contribution in [-0.2, 0) is 11.3 Å². The van der Waals surface area contributed by atoms with Crippen molar-refractivity contribution in [1.29, 1.82) is 0 Å². The van der Waals surface area contributed by atoms with Crippen LogP contribution in [0.1, 0.15) is 53.2 Å². The monoisotopic (exact) mass is 327 g/mol. The van der Waals surface area contributed by atoms with Crippen molar-refractivity contribution in [2.24, 2.45) is 0 Å². The van der Waals surface area contributed by atoms with E-state index in [4.69, 9.17) is 4.74 Å². The second-order valence-corrected chi connectivity index (χ2v) is 6.46. The van der Waals surface area contributed by atoms with Crippen LogP contribution >= 0.6 is 0 Å². The lowest BCUT2D eigenvalue weighted by Crippen LogP contribution is -2.43. The van der Waals surface area contributed by atoms with Crippen molar-refractivity contribution < 1.29 is 9.53 Å². The highest BCUT2D eigenvalue weighted by molar-refractivity contribution is 5.94. The highest BCUT2D eigenvalue weighted by atomic mass is 16.5. The summed E-state index contributed by atoms with van der Waals surface area (Å²) in [4.78, 5) is 17.1. The molecule has 1 aromatic carbocycles. The van der Waals surface area contributed by atoms with E-state index in [1.54, 1.807) is 6.20 Å². The molecule has 5 heteroatoms. The average molecular weight is 327 g/mol. The number of nitrogens with one attached hydrogen (secondary N) is 1. The molecule has 0 aliphatic carbocycles. The van der Waals surface area contributed by atoms with E-state index in [0.717, 1.165) is 36.3 Å². The molecule has 5 nitrogen and oxygen atoms in total. The third-order valence-electron chi connectivity index (χ3n) is 4.47. The molecule has 1 amide bonds. The normalized spacial score (nSPS) is 20.8. The van der Waals surface area contributed by atoms with Crippen molar-refractivity contribution in [3.05, 3.63) is 53.1 Å². The van der Waals surface area contributed by atoms with E-state index < -0.39 is 0 Å². The van der Waals surface area contributed by atoms with Gasteiger partial charge in [-0.2, -0.15) is 0 Å². The molecule has 24 heavy (non-hydrogen) atoms. The fourth-order valence-electron chi connectivity index (χ4n) is 3.39. The maximum atomic E-state index is 12.7. The number of carbonyl (C=O) groups is 1. The van der Waals surface area contributed by atoms with E-state index in [2.05, 4.69) is 27.9 Å². The maximum absolute atomic E-state index is 12.7. The molecule has 0 radical (unpaired) electrons. The van der Waals surface area contributed by atoms with Crippen molar-refractivity contribution in [3.63, 3.8) is 0 Å². The van der Waals surface area contributed by atoms with Crippen LogP contribution in [-0.4, -0.2) is 28.1 Å². The number of benzene rings is 1. The Kier molecular flexibility index (Phi) is 5.00. The summed E-state index contributed by atoms with van der Waals surface area (Å²) in [6, 6.07) is 5.86. The van der Waals surface area contributed by atoms with E-state index >= 15 is 0 Å². The van der Waals surface area contributed by atoms with Crippen molar-refractivity contribution in [2.45, 2.75) is 52.3 Å². The summed E-state index contributed by atoms with van der Waals surface area (Å²) in [5, 5.41) is 3.16. The number of hydrogen-bond acceptors (Lipinski definition) is 3. The SMILES string of the molecule is CCn1ccnc1[C@@H]1OCCC[C@H]1NC(=O)c1cc(C)cc(C)c1. The number of ether oxygens (including phenoxy) is 1. The van der Waals surface area contributed by atoms with Gasteiger partial charge in [-0.05, 0) is 45.7 Å². The minimum absolute atomic E-state index is 0.0445. The highest BCUT2D eigenvalue weighted by Crippen LogP contribution is 2.28. The molecule has 0 saturated carbocycles. The number of nitrogens with zero attached hydrogens (tertiary/aromatic N) is 2. The summed E-state index contributed by atoms with van der Waals surface area (Å²) < 4.78 is 8.04. The van der Waals surface area contributed by atoms with Gasteiger partial charge in [-0.1, -0.05) is 17.2 Å². The molecular weight excluding hydrogens is 302 g/mol. The molecule has 2 aromatic rings. The molecular formula is C19H25N3O2. The van der Waals surface area contributed by atoms with Gasteiger partial charge in [0.25, 0.3) is 5.91 Å². The van der Waals surface area contributed by atoms with Crippen LogP contribution in [0.3, 0.4) is 0 Å². The van der Waals surface area contributed by atoms with Gasteiger partial charge in [0.2, 0.25) is 0 Å². The maximum Gasteiger partial charge on any atom is 0.251 e. The number of carbonyl (C=O) groups excluding carboxylic acids is 1. The van der Waals surface area contributed by atoms with Crippen LogP contribution < -0.4 is 5.32 Å². The number of amides is 1. The minimum atomic E-state index is -0.191. The van der Waals surface area contributed by atoms with Crippen LogP contribution in [0, 0.1) is 13.8 Å². The molecule has 3 rings (SSSR count). The van der Waals surface area contributed by atoms with E-state index in [1.807, 2.05) is 32.2 Å². The summed E-state index contributed by atoms with van der Waals surface area (Å²) in [6.45, 7) is 7.64. The van der Waals surface area contributed by atoms with Crippen LogP contribution in [0.4, 0.5) is 0 Å². The zero-order valence-corrected chi connectivity index (χ0v) is 14.6. The third kappa shape index (κ3) is 3.51. The average Bonchev–Trinajstić information content (AvgIpc) is 3.03. The van der Waals surface area contributed by atoms with Gasteiger partial charge in [0.05, 0.1) is 6.04 Å². The first-order chi connectivity index (χ1) is 11.6. The van der Waals surface area contributed by atoms with Gasteiger partial charge < -0.3 is 14.6 Å². The molecule has 1 aliphatic rings. The Morgan fingerprint density at radius 1 is 1.33 bits per heavy atom. The lowest BCUT2D eigenvalue weighted by molar-refractivity contribution is -0.0163. The summed E-state index contributed by atoms with van der Waals surface area (Å²) in [6.07, 6.45) is 5.40. The molecule has 2 heterocycles. The molecule has 1 aromatic heterocycles. The first kappa shape index (κ1) is 16.7. The summed E-state index contributed by atoms with van der Waals surface area (Å²) in [7, 11) is 0. The Morgan fingerprint density at radius 2 is 2.08 bits per heavy atom. The van der Waals surface area contributed by atoms with Gasteiger partial charge in [0, 0.05) is 31.1 Å². The van der Waals surface area contributed by atoms with Crippen molar-refractivity contribution in [2.75, 3.05) is 6.61 Å². The zero-order valence-electron chi connectivity index (χ0n) is 14.6. The Balaban J connectivity index is 1.80. The Labute approximate surface area is 143 Å². The topological polar surface area (TPSA) is 56.1 Å². The van der Waals surface area contributed by atoms with Gasteiger partial charge in [0.15, 0.2) is 0 Å². The fourth-order valence-corrected chi connectivity index (χ4v) is 3.39. The van der Waals surface area contributed by atoms with Crippen LogP contribution in [0.15, 0.2) is 30.6 Å². The molecule has 0 bridgehead atoms. The first-order valence-electron chi connectivity index (χ1n) is 8.60. The quantitative estimate of drug-likeness (QED) is 0.938. The van der Waals surface area contributed by atoms with Crippen LogP contribution in [0.2, 0.25) is 0 Å². The van der Waals surface area contributed by atoms with Gasteiger partial charge in [-0.25, -0.2) is 4.98 Å². The Hall–Kier alpha value is -2.14. The van der Waals surface area contributed by atoms with Crippen LogP contribution in [0.5, 0.6) is 0 Å². The lowest BCUT2D eigenvalue weighted by Gasteiger charge is -2.32. The van der Waals surface area contributed by atoms with E-state index in [9.17, 15) is 4.79 Å². The number of aryl methyl sites for hydroxylation is 3. The van der Waals surface area contributed by atoms with Gasteiger partial charge in [-0.15, -0.1) is 0 Å².